The number of hydrogen-bond acceptors (Lipinski definition) is 3. The number of aromatic nitrogens is 2. The molecule has 3 nitrogen and oxygen atoms in total. The molecule has 0 spiro atoms. The largest absolute Gasteiger partial charge is 0.356 e. The maximum atomic E-state index is 6.08. The molecule has 2 heterocycles. The average molecular weight is 288 g/mol. The number of nitrogens with zero attached hydrogens (tertiary/aromatic N) is 3. The number of halogens is 2. The van der Waals surface area contributed by atoms with Crippen LogP contribution < -0.4 is 4.90 Å². The van der Waals surface area contributed by atoms with Gasteiger partial charge in [-0.2, -0.15) is 0 Å². The minimum absolute atomic E-state index is 0.364. The first-order chi connectivity index (χ1) is 8.76. The predicted molar refractivity (Wildman–Crippen MR) is 76.4 cm³/mol. The van der Waals surface area contributed by atoms with Gasteiger partial charge in [-0.1, -0.05) is 24.9 Å². The Kier molecular flexibility index (Phi) is 5.07. The molecular formula is C13H19Cl2N3. The maximum absolute atomic E-state index is 6.08. The van der Waals surface area contributed by atoms with Gasteiger partial charge in [0.1, 0.15) is 17.3 Å². The van der Waals surface area contributed by atoms with Gasteiger partial charge in [-0.15, -0.1) is 11.6 Å². The zero-order valence-electron chi connectivity index (χ0n) is 10.7. The van der Waals surface area contributed by atoms with Crippen molar-refractivity contribution < 1.29 is 0 Å². The van der Waals surface area contributed by atoms with Gasteiger partial charge in [0, 0.05) is 18.7 Å². The molecular weight excluding hydrogens is 269 g/mol. The van der Waals surface area contributed by atoms with Crippen LogP contribution >= 0.6 is 23.2 Å². The van der Waals surface area contributed by atoms with Crippen LogP contribution in [0.3, 0.4) is 0 Å². The van der Waals surface area contributed by atoms with E-state index in [4.69, 9.17) is 23.2 Å². The molecule has 1 unspecified atom stereocenters. The van der Waals surface area contributed by atoms with Crippen molar-refractivity contribution in [3.8, 4) is 0 Å². The SMILES string of the molecule is CCC1CCCN(c2ncnc(Cl)c2CCl)CC1. The van der Waals surface area contributed by atoms with Crippen LogP contribution in [0.5, 0.6) is 0 Å². The number of anilines is 1. The van der Waals surface area contributed by atoms with E-state index in [9.17, 15) is 0 Å². The molecule has 5 heteroatoms. The van der Waals surface area contributed by atoms with Crippen molar-refractivity contribution in [2.75, 3.05) is 18.0 Å². The first kappa shape index (κ1) is 13.9. The highest BCUT2D eigenvalue weighted by Crippen LogP contribution is 2.28. The van der Waals surface area contributed by atoms with Crippen LogP contribution in [0.4, 0.5) is 5.82 Å². The Morgan fingerprint density at radius 2 is 2.17 bits per heavy atom. The third-order valence-corrected chi connectivity index (χ3v) is 4.32. The second kappa shape index (κ2) is 6.58. The van der Waals surface area contributed by atoms with Gasteiger partial charge in [0.25, 0.3) is 0 Å². The van der Waals surface area contributed by atoms with Crippen LogP contribution in [0.25, 0.3) is 0 Å². The molecule has 1 aliphatic heterocycles. The molecule has 1 saturated heterocycles. The molecule has 0 amide bonds. The summed E-state index contributed by atoms with van der Waals surface area (Å²) in [6.07, 6.45) is 6.53. The fraction of sp³-hybridized carbons (Fsp3) is 0.692. The Labute approximate surface area is 119 Å². The zero-order valence-corrected chi connectivity index (χ0v) is 12.2. The molecule has 1 aromatic rings. The van der Waals surface area contributed by atoms with Crippen molar-refractivity contribution in [3.63, 3.8) is 0 Å². The van der Waals surface area contributed by atoms with E-state index in [1.165, 1.54) is 32.0 Å². The first-order valence-corrected chi connectivity index (χ1v) is 7.47. The van der Waals surface area contributed by atoms with Gasteiger partial charge in [-0.25, -0.2) is 9.97 Å². The second-order valence-corrected chi connectivity index (χ2v) is 5.42. The molecule has 1 aromatic heterocycles. The summed E-state index contributed by atoms with van der Waals surface area (Å²) in [5.74, 6) is 2.12. The van der Waals surface area contributed by atoms with Crippen LogP contribution in [0.1, 0.15) is 38.2 Å². The van der Waals surface area contributed by atoms with E-state index in [-0.39, 0.29) is 0 Å². The Balaban J connectivity index is 2.18. The van der Waals surface area contributed by atoms with Gasteiger partial charge in [0.05, 0.1) is 5.88 Å². The number of rotatable bonds is 3. The van der Waals surface area contributed by atoms with E-state index in [2.05, 4.69) is 21.8 Å². The lowest BCUT2D eigenvalue weighted by molar-refractivity contribution is 0.459. The van der Waals surface area contributed by atoms with Gasteiger partial charge >= 0.3 is 0 Å². The predicted octanol–water partition coefficient (Wildman–Crippen LogP) is 3.89. The quantitative estimate of drug-likeness (QED) is 0.624. The molecule has 100 valence electrons. The van der Waals surface area contributed by atoms with Gasteiger partial charge in [0.15, 0.2) is 0 Å². The topological polar surface area (TPSA) is 29.0 Å². The molecule has 0 aromatic carbocycles. The standard InChI is InChI=1S/C13H19Cl2N3/c1-2-10-4-3-6-18(7-5-10)13-11(8-14)12(15)16-9-17-13/h9-10H,2-8H2,1H3. The van der Waals surface area contributed by atoms with Crippen molar-refractivity contribution in [1.82, 2.24) is 9.97 Å². The third kappa shape index (κ3) is 3.07. The molecule has 0 bridgehead atoms. The molecule has 18 heavy (non-hydrogen) atoms. The maximum Gasteiger partial charge on any atom is 0.138 e. The van der Waals surface area contributed by atoms with E-state index in [1.807, 2.05) is 0 Å². The minimum Gasteiger partial charge on any atom is -0.356 e. The van der Waals surface area contributed by atoms with E-state index < -0.39 is 0 Å². The van der Waals surface area contributed by atoms with Gasteiger partial charge in [0.2, 0.25) is 0 Å². The second-order valence-electron chi connectivity index (χ2n) is 4.79. The van der Waals surface area contributed by atoms with Gasteiger partial charge < -0.3 is 4.90 Å². The Bertz CT molecular complexity index is 398. The molecule has 1 fully saturated rings. The van der Waals surface area contributed by atoms with Crippen molar-refractivity contribution in [3.05, 3.63) is 17.0 Å². The highest BCUT2D eigenvalue weighted by Gasteiger charge is 2.20. The van der Waals surface area contributed by atoms with E-state index in [0.717, 1.165) is 30.4 Å². The van der Waals surface area contributed by atoms with Gasteiger partial charge in [-0.05, 0) is 25.2 Å². The molecule has 0 saturated carbocycles. The third-order valence-electron chi connectivity index (χ3n) is 3.73. The summed E-state index contributed by atoms with van der Waals surface area (Å²) in [7, 11) is 0. The summed E-state index contributed by atoms with van der Waals surface area (Å²) in [4.78, 5) is 10.7. The zero-order chi connectivity index (χ0) is 13.0. The van der Waals surface area contributed by atoms with Crippen LogP contribution in [0.2, 0.25) is 5.15 Å². The summed E-state index contributed by atoms with van der Waals surface area (Å²) < 4.78 is 0. The van der Waals surface area contributed by atoms with E-state index in [1.54, 1.807) is 0 Å². The number of alkyl halides is 1. The van der Waals surface area contributed by atoms with Crippen molar-refractivity contribution >= 4 is 29.0 Å². The van der Waals surface area contributed by atoms with E-state index >= 15 is 0 Å². The minimum atomic E-state index is 0.364. The lowest BCUT2D eigenvalue weighted by Gasteiger charge is -2.23. The van der Waals surface area contributed by atoms with Crippen molar-refractivity contribution in [2.45, 2.75) is 38.5 Å². The summed E-state index contributed by atoms with van der Waals surface area (Å²) in [5.41, 5.74) is 0.857. The molecule has 0 N–H and O–H groups in total. The summed E-state index contributed by atoms with van der Waals surface area (Å²) in [6, 6.07) is 0. The van der Waals surface area contributed by atoms with Crippen LogP contribution in [-0.2, 0) is 5.88 Å². The fourth-order valence-electron chi connectivity index (χ4n) is 2.56. The number of hydrogen-bond donors (Lipinski definition) is 0. The van der Waals surface area contributed by atoms with Crippen LogP contribution in [0.15, 0.2) is 6.33 Å². The highest BCUT2D eigenvalue weighted by molar-refractivity contribution is 6.31. The smallest absolute Gasteiger partial charge is 0.138 e. The highest BCUT2D eigenvalue weighted by atomic mass is 35.5. The summed E-state index contributed by atoms with van der Waals surface area (Å²) >= 11 is 12.0. The molecule has 2 rings (SSSR count). The first-order valence-electron chi connectivity index (χ1n) is 6.56. The van der Waals surface area contributed by atoms with E-state index in [0.29, 0.717) is 11.0 Å². The van der Waals surface area contributed by atoms with Crippen LogP contribution in [-0.4, -0.2) is 23.1 Å². The normalized spacial score (nSPS) is 20.8. The van der Waals surface area contributed by atoms with Crippen molar-refractivity contribution in [2.24, 2.45) is 5.92 Å². The molecule has 1 aliphatic rings. The Morgan fingerprint density at radius 3 is 2.89 bits per heavy atom. The van der Waals surface area contributed by atoms with Gasteiger partial charge in [-0.3, -0.25) is 0 Å². The van der Waals surface area contributed by atoms with Crippen LogP contribution in [0, 0.1) is 5.92 Å². The summed E-state index contributed by atoms with van der Waals surface area (Å²) in [5, 5.41) is 0.478. The molecule has 1 atom stereocenters. The average Bonchev–Trinajstić information content (AvgIpc) is 2.63. The monoisotopic (exact) mass is 287 g/mol. The molecule has 0 aliphatic carbocycles. The Hall–Kier alpha value is -0.540. The lowest BCUT2D eigenvalue weighted by atomic mass is 9.98. The molecule has 0 radical (unpaired) electrons. The van der Waals surface area contributed by atoms with Crippen molar-refractivity contribution in [1.29, 1.82) is 0 Å². The fourth-order valence-corrected chi connectivity index (χ4v) is 3.06. The lowest BCUT2D eigenvalue weighted by Crippen LogP contribution is -2.26. The summed E-state index contributed by atoms with van der Waals surface area (Å²) in [6.45, 7) is 4.34. The Morgan fingerprint density at radius 1 is 1.33 bits per heavy atom.